The summed E-state index contributed by atoms with van der Waals surface area (Å²) in [6.07, 6.45) is 0. The van der Waals surface area contributed by atoms with E-state index in [0.717, 1.165) is 6.07 Å². The van der Waals surface area contributed by atoms with Crippen LogP contribution in [0.15, 0.2) is 42.5 Å². The van der Waals surface area contributed by atoms with E-state index in [1.165, 1.54) is 12.1 Å². The number of nitrogens with one attached hydrogen (secondary N) is 1. The fraction of sp³-hybridized carbons (Fsp3) is 0.0714. The summed E-state index contributed by atoms with van der Waals surface area (Å²) < 4.78 is 13.1. The van der Waals surface area contributed by atoms with Crippen molar-refractivity contribution in [1.82, 2.24) is 0 Å². The maximum absolute atomic E-state index is 13.1. The van der Waals surface area contributed by atoms with Gasteiger partial charge in [-0.05, 0) is 42.0 Å². The minimum absolute atomic E-state index is 0.119. The Bertz CT molecular complexity index is 632. The smallest absolute Gasteiger partial charge is 0.330 e. The van der Waals surface area contributed by atoms with Crippen molar-refractivity contribution in [1.29, 1.82) is 0 Å². The standard InChI is InChI=1S/C14H10Cl2FNO2/c15-9-2-4-10(5-3-9)18-13(14(19)20)8-1-6-12(17)11(16)7-8/h1-7,13,18H,(H,19,20). The molecule has 0 amide bonds. The summed E-state index contributed by atoms with van der Waals surface area (Å²) in [6.45, 7) is 0. The Morgan fingerprint density at radius 2 is 1.80 bits per heavy atom. The maximum Gasteiger partial charge on any atom is 0.330 e. The average molecular weight is 314 g/mol. The zero-order valence-electron chi connectivity index (χ0n) is 10.1. The molecule has 2 rings (SSSR count). The topological polar surface area (TPSA) is 49.3 Å². The highest BCUT2D eigenvalue weighted by molar-refractivity contribution is 6.31. The van der Waals surface area contributed by atoms with Crippen molar-refractivity contribution in [3.63, 3.8) is 0 Å². The number of carboxylic acids is 1. The molecule has 0 bridgehead atoms. The van der Waals surface area contributed by atoms with E-state index in [1.807, 2.05) is 0 Å². The third kappa shape index (κ3) is 3.40. The second-order valence-electron chi connectivity index (χ2n) is 4.10. The first-order valence-corrected chi connectivity index (χ1v) is 6.43. The van der Waals surface area contributed by atoms with Gasteiger partial charge in [0.15, 0.2) is 6.04 Å². The number of halogens is 3. The lowest BCUT2D eigenvalue weighted by atomic mass is 10.1. The second kappa shape index (κ2) is 6.11. The second-order valence-corrected chi connectivity index (χ2v) is 4.94. The van der Waals surface area contributed by atoms with Gasteiger partial charge in [-0.1, -0.05) is 29.3 Å². The molecular formula is C14H10Cl2FNO2. The normalized spacial score (nSPS) is 11.9. The molecule has 0 fully saturated rings. The summed E-state index contributed by atoms with van der Waals surface area (Å²) in [5.41, 5.74) is 0.945. The maximum atomic E-state index is 13.1. The Kier molecular flexibility index (Phi) is 4.47. The fourth-order valence-electron chi connectivity index (χ4n) is 1.69. The van der Waals surface area contributed by atoms with Gasteiger partial charge < -0.3 is 10.4 Å². The molecule has 1 atom stereocenters. The number of hydrogen-bond acceptors (Lipinski definition) is 2. The van der Waals surface area contributed by atoms with Crippen molar-refractivity contribution in [2.24, 2.45) is 0 Å². The van der Waals surface area contributed by atoms with Gasteiger partial charge in [-0.25, -0.2) is 9.18 Å². The molecule has 0 aliphatic carbocycles. The van der Waals surface area contributed by atoms with Crippen molar-refractivity contribution in [2.75, 3.05) is 5.32 Å². The van der Waals surface area contributed by atoms with E-state index >= 15 is 0 Å². The predicted octanol–water partition coefficient (Wildman–Crippen LogP) is 4.37. The van der Waals surface area contributed by atoms with Crippen molar-refractivity contribution >= 4 is 34.9 Å². The zero-order valence-corrected chi connectivity index (χ0v) is 11.6. The van der Waals surface area contributed by atoms with Gasteiger partial charge in [0.2, 0.25) is 0 Å². The summed E-state index contributed by atoms with van der Waals surface area (Å²) in [5, 5.41) is 12.5. The quantitative estimate of drug-likeness (QED) is 0.881. The summed E-state index contributed by atoms with van der Waals surface area (Å²) in [4.78, 5) is 11.3. The lowest BCUT2D eigenvalue weighted by Crippen LogP contribution is -2.20. The van der Waals surface area contributed by atoms with E-state index in [9.17, 15) is 14.3 Å². The average Bonchev–Trinajstić information content (AvgIpc) is 2.41. The van der Waals surface area contributed by atoms with Crippen LogP contribution in [-0.2, 0) is 4.79 Å². The molecule has 6 heteroatoms. The van der Waals surface area contributed by atoms with Crippen LogP contribution in [0.1, 0.15) is 11.6 Å². The van der Waals surface area contributed by atoms with Crippen molar-refractivity contribution in [3.8, 4) is 0 Å². The number of benzene rings is 2. The number of anilines is 1. The first kappa shape index (κ1) is 14.6. The van der Waals surface area contributed by atoms with E-state index in [2.05, 4.69) is 5.32 Å². The number of hydrogen-bond donors (Lipinski definition) is 2. The summed E-state index contributed by atoms with van der Waals surface area (Å²) in [6, 6.07) is 9.36. The van der Waals surface area contributed by atoms with Gasteiger partial charge in [-0.3, -0.25) is 0 Å². The highest BCUT2D eigenvalue weighted by atomic mass is 35.5. The van der Waals surface area contributed by atoms with E-state index in [4.69, 9.17) is 23.2 Å². The van der Waals surface area contributed by atoms with Gasteiger partial charge in [-0.15, -0.1) is 0 Å². The highest BCUT2D eigenvalue weighted by Crippen LogP contribution is 2.25. The number of carbonyl (C=O) groups is 1. The largest absolute Gasteiger partial charge is 0.479 e. The highest BCUT2D eigenvalue weighted by Gasteiger charge is 2.20. The molecule has 0 saturated carbocycles. The molecule has 2 aromatic carbocycles. The SMILES string of the molecule is O=C(O)C(Nc1ccc(Cl)cc1)c1ccc(F)c(Cl)c1. The van der Waals surface area contributed by atoms with Gasteiger partial charge in [0.25, 0.3) is 0 Å². The first-order chi connectivity index (χ1) is 9.47. The molecule has 20 heavy (non-hydrogen) atoms. The first-order valence-electron chi connectivity index (χ1n) is 5.67. The molecule has 0 saturated heterocycles. The molecule has 0 aliphatic rings. The molecule has 1 unspecified atom stereocenters. The van der Waals surface area contributed by atoms with Crippen LogP contribution in [0.2, 0.25) is 10.0 Å². The van der Waals surface area contributed by atoms with E-state index in [0.29, 0.717) is 16.3 Å². The predicted molar refractivity (Wildman–Crippen MR) is 76.9 cm³/mol. The third-order valence-electron chi connectivity index (χ3n) is 2.68. The monoisotopic (exact) mass is 313 g/mol. The van der Waals surface area contributed by atoms with E-state index < -0.39 is 17.8 Å². The Hall–Kier alpha value is -1.78. The molecule has 2 aromatic rings. The van der Waals surface area contributed by atoms with Gasteiger partial charge >= 0.3 is 5.97 Å². The molecule has 3 nitrogen and oxygen atoms in total. The summed E-state index contributed by atoms with van der Waals surface area (Å²) >= 11 is 11.4. The van der Waals surface area contributed by atoms with Crippen LogP contribution in [0.5, 0.6) is 0 Å². The van der Waals surface area contributed by atoms with Crippen molar-refractivity contribution in [2.45, 2.75) is 6.04 Å². The van der Waals surface area contributed by atoms with Crippen LogP contribution in [-0.4, -0.2) is 11.1 Å². The minimum atomic E-state index is -1.09. The van der Waals surface area contributed by atoms with Crippen LogP contribution in [0, 0.1) is 5.82 Å². The Morgan fingerprint density at radius 3 is 2.35 bits per heavy atom. The van der Waals surface area contributed by atoms with Gasteiger partial charge in [0, 0.05) is 10.7 Å². The van der Waals surface area contributed by atoms with Gasteiger partial charge in [0.1, 0.15) is 5.82 Å². The number of rotatable bonds is 4. The molecule has 0 spiro atoms. The van der Waals surface area contributed by atoms with Crippen molar-refractivity contribution in [3.05, 3.63) is 63.9 Å². The molecule has 104 valence electrons. The van der Waals surface area contributed by atoms with Gasteiger partial charge in [0.05, 0.1) is 5.02 Å². The lowest BCUT2D eigenvalue weighted by Gasteiger charge is -2.16. The summed E-state index contributed by atoms with van der Waals surface area (Å²) in [5.74, 6) is -1.69. The van der Waals surface area contributed by atoms with Gasteiger partial charge in [-0.2, -0.15) is 0 Å². The van der Waals surface area contributed by atoms with Crippen LogP contribution < -0.4 is 5.32 Å². The number of aliphatic carboxylic acids is 1. The molecule has 0 radical (unpaired) electrons. The Balaban J connectivity index is 2.29. The van der Waals surface area contributed by atoms with Crippen LogP contribution in [0.4, 0.5) is 10.1 Å². The fourth-order valence-corrected chi connectivity index (χ4v) is 2.01. The van der Waals surface area contributed by atoms with Crippen LogP contribution >= 0.6 is 23.2 Å². The zero-order chi connectivity index (χ0) is 14.7. The lowest BCUT2D eigenvalue weighted by molar-refractivity contribution is -0.138. The summed E-state index contributed by atoms with van der Waals surface area (Å²) in [7, 11) is 0. The molecule has 0 heterocycles. The molecule has 2 N–H and O–H groups in total. The molecule has 0 aliphatic heterocycles. The van der Waals surface area contributed by atoms with Crippen LogP contribution in [0.3, 0.4) is 0 Å². The third-order valence-corrected chi connectivity index (χ3v) is 3.22. The van der Waals surface area contributed by atoms with E-state index in [-0.39, 0.29) is 5.02 Å². The minimum Gasteiger partial charge on any atom is -0.479 e. The van der Waals surface area contributed by atoms with E-state index in [1.54, 1.807) is 24.3 Å². The van der Waals surface area contributed by atoms with Crippen molar-refractivity contribution < 1.29 is 14.3 Å². The molecule has 0 aromatic heterocycles. The van der Waals surface area contributed by atoms with Crippen LogP contribution in [0.25, 0.3) is 0 Å². The molecular weight excluding hydrogens is 304 g/mol. The Labute approximate surface area is 124 Å². The Morgan fingerprint density at radius 1 is 1.15 bits per heavy atom. The number of carboxylic acid groups (broad SMARTS) is 1.